The molecule has 0 bridgehead atoms. The van der Waals surface area contributed by atoms with Crippen molar-refractivity contribution in [3.63, 3.8) is 0 Å². The summed E-state index contributed by atoms with van der Waals surface area (Å²) in [5.74, 6) is 0.165. The van der Waals surface area contributed by atoms with E-state index in [1.54, 1.807) is 6.92 Å². The number of rotatable bonds is 5. The SMILES string of the molecule is CCOc1c(NCc2c(C)cccc2C)c(=O)c1=O. The molecule has 0 aliphatic carbocycles. The van der Waals surface area contributed by atoms with Gasteiger partial charge < -0.3 is 10.1 Å². The van der Waals surface area contributed by atoms with Crippen LogP contribution in [-0.4, -0.2) is 6.61 Å². The lowest BCUT2D eigenvalue weighted by Crippen LogP contribution is -2.35. The molecule has 0 saturated heterocycles. The second-order valence-electron chi connectivity index (χ2n) is 4.52. The van der Waals surface area contributed by atoms with Crippen LogP contribution in [0.15, 0.2) is 27.8 Å². The van der Waals surface area contributed by atoms with Gasteiger partial charge in [-0.1, -0.05) is 18.2 Å². The van der Waals surface area contributed by atoms with Crippen molar-refractivity contribution in [2.24, 2.45) is 0 Å². The van der Waals surface area contributed by atoms with E-state index in [2.05, 4.69) is 5.32 Å². The average Bonchev–Trinajstić information content (AvgIpc) is 2.40. The van der Waals surface area contributed by atoms with Gasteiger partial charge in [-0.05, 0) is 37.5 Å². The van der Waals surface area contributed by atoms with E-state index in [0.717, 1.165) is 16.7 Å². The number of nitrogens with one attached hydrogen (secondary N) is 1. The number of benzene rings is 1. The molecule has 0 atom stereocenters. The van der Waals surface area contributed by atoms with Crippen LogP contribution in [-0.2, 0) is 6.54 Å². The fourth-order valence-electron chi connectivity index (χ4n) is 2.12. The molecule has 100 valence electrons. The van der Waals surface area contributed by atoms with Crippen molar-refractivity contribution >= 4 is 5.69 Å². The Morgan fingerprint density at radius 2 is 1.74 bits per heavy atom. The van der Waals surface area contributed by atoms with Crippen LogP contribution in [0, 0.1) is 13.8 Å². The highest BCUT2D eigenvalue weighted by molar-refractivity contribution is 5.62. The van der Waals surface area contributed by atoms with Gasteiger partial charge in [-0.25, -0.2) is 0 Å². The molecule has 4 nitrogen and oxygen atoms in total. The van der Waals surface area contributed by atoms with Gasteiger partial charge in [0, 0.05) is 6.54 Å². The van der Waals surface area contributed by atoms with Gasteiger partial charge in [0.25, 0.3) is 10.9 Å². The quantitative estimate of drug-likeness (QED) is 0.833. The first kappa shape index (κ1) is 13.3. The first-order valence-electron chi connectivity index (χ1n) is 6.31. The maximum absolute atomic E-state index is 11.5. The molecule has 0 saturated carbocycles. The number of ether oxygens (including phenoxy) is 1. The number of hydrogen-bond donors (Lipinski definition) is 1. The summed E-state index contributed by atoms with van der Waals surface area (Å²) in [6.07, 6.45) is 0. The molecule has 4 heteroatoms. The van der Waals surface area contributed by atoms with Crippen LogP contribution in [0.5, 0.6) is 5.75 Å². The van der Waals surface area contributed by atoms with Crippen molar-refractivity contribution in [3.8, 4) is 5.75 Å². The van der Waals surface area contributed by atoms with E-state index in [0.29, 0.717) is 18.8 Å². The third-order valence-corrected chi connectivity index (χ3v) is 3.24. The zero-order valence-electron chi connectivity index (χ0n) is 11.4. The Morgan fingerprint density at radius 3 is 2.32 bits per heavy atom. The van der Waals surface area contributed by atoms with Gasteiger partial charge in [-0.2, -0.15) is 0 Å². The highest BCUT2D eigenvalue weighted by Crippen LogP contribution is 2.20. The minimum atomic E-state index is -0.536. The van der Waals surface area contributed by atoms with E-state index in [9.17, 15) is 9.59 Å². The van der Waals surface area contributed by atoms with Crippen LogP contribution in [0.3, 0.4) is 0 Å². The lowest BCUT2D eigenvalue weighted by molar-refractivity contribution is 0.334. The van der Waals surface area contributed by atoms with E-state index in [-0.39, 0.29) is 5.75 Å². The lowest BCUT2D eigenvalue weighted by atomic mass is 10.0. The zero-order valence-corrected chi connectivity index (χ0v) is 11.4. The van der Waals surface area contributed by atoms with Gasteiger partial charge >= 0.3 is 0 Å². The summed E-state index contributed by atoms with van der Waals surface area (Å²) in [4.78, 5) is 22.8. The van der Waals surface area contributed by atoms with Gasteiger partial charge in [0.2, 0.25) is 0 Å². The molecule has 0 radical (unpaired) electrons. The molecule has 0 amide bonds. The summed E-state index contributed by atoms with van der Waals surface area (Å²) in [6, 6.07) is 6.04. The smallest absolute Gasteiger partial charge is 0.272 e. The van der Waals surface area contributed by atoms with Crippen molar-refractivity contribution in [3.05, 3.63) is 55.3 Å². The Labute approximate surface area is 111 Å². The summed E-state index contributed by atoms with van der Waals surface area (Å²) < 4.78 is 5.17. The Hall–Kier alpha value is -2.10. The predicted molar refractivity (Wildman–Crippen MR) is 75.8 cm³/mol. The lowest BCUT2D eigenvalue weighted by Gasteiger charge is -2.15. The number of anilines is 1. The van der Waals surface area contributed by atoms with Crippen LogP contribution in [0.2, 0.25) is 0 Å². The minimum absolute atomic E-state index is 0.165. The number of hydrogen-bond acceptors (Lipinski definition) is 4. The van der Waals surface area contributed by atoms with E-state index in [1.165, 1.54) is 0 Å². The Bertz CT molecular complexity index is 646. The molecule has 1 N–H and O–H groups in total. The molecular weight excluding hydrogens is 242 g/mol. The van der Waals surface area contributed by atoms with Crippen LogP contribution in [0.1, 0.15) is 23.6 Å². The highest BCUT2D eigenvalue weighted by atomic mass is 16.5. The van der Waals surface area contributed by atoms with Crippen molar-refractivity contribution in [2.45, 2.75) is 27.3 Å². The second-order valence-corrected chi connectivity index (χ2v) is 4.52. The number of aryl methyl sites for hydroxylation is 2. The molecule has 0 aliphatic rings. The first-order chi connectivity index (χ1) is 9.06. The summed E-state index contributed by atoms with van der Waals surface area (Å²) in [5, 5.41) is 3.02. The van der Waals surface area contributed by atoms with E-state index < -0.39 is 10.9 Å². The third kappa shape index (κ3) is 2.38. The third-order valence-electron chi connectivity index (χ3n) is 3.24. The predicted octanol–water partition coefficient (Wildman–Crippen LogP) is 1.91. The molecule has 0 spiro atoms. The molecule has 2 aromatic rings. The van der Waals surface area contributed by atoms with Gasteiger partial charge in [0.1, 0.15) is 5.69 Å². The van der Waals surface area contributed by atoms with E-state index in [1.807, 2.05) is 32.0 Å². The Morgan fingerprint density at radius 1 is 1.11 bits per heavy atom. The average molecular weight is 259 g/mol. The van der Waals surface area contributed by atoms with Crippen molar-refractivity contribution < 1.29 is 4.74 Å². The summed E-state index contributed by atoms with van der Waals surface area (Å²) in [5.41, 5.74) is 2.72. The van der Waals surface area contributed by atoms with Crippen LogP contribution >= 0.6 is 0 Å². The summed E-state index contributed by atoms with van der Waals surface area (Å²) >= 11 is 0. The van der Waals surface area contributed by atoms with Crippen LogP contribution in [0.4, 0.5) is 5.69 Å². The maximum Gasteiger partial charge on any atom is 0.272 e. The second kappa shape index (κ2) is 5.26. The van der Waals surface area contributed by atoms with Gasteiger partial charge in [0.15, 0.2) is 5.75 Å². The fraction of sp³-hybridized carbons (Fsp3) is 0.333. The van der Waals surface area contributed by atoms with Crippen molar-refractivity contribution in [1.29, 1.82) is 0 Å². The van der Waals surface area contributed by atoms with Gasteiger partial charge in [-0.15, -0.1) is 0 Å². The molecule has 19 heavy (non-hydrogen) atoms. The molecular formula is C15H17NO3. The van der Waals surface area contributed by atoms with E-state index in [4.69, 9.17) is 4.74 Å². The first-order valence-corrected chi connectivity index (χ1v) is 6.31. The largest absolute Gasteiger partial charge is 0.488 e. The summed E-state index contributed by atoms with van der Waals surface area (Å²) in [6.45, 7) is 6.73. The van der Waals surface area contributed by atoms with Crippen LogP contribution in [0.25, 0.3) is 0 Å². The summed E-state index contributed by atoms with van der Waals surface area (Å²) in [7, 11) is 0. The molecule has 0 unspecified atom stereocenters. The highest BCUT2D eigenvalue weighted by Gasteiger charge is 2.22. The van der Waals surface area contributed by atoms with Crippen molar-refractivity contribution in [2.75, 3.05) is 11.9 Å². The maximum atomic E-state index is 11.5. The monoisotopic (exact) mass is 259 g/mol. The Balaban J connectivity index is 2.18. The molecule has 2 aromatic carbocycles. The Kier molecular flexibility index (Phi) is 3.69. The topological polar surface area (TPSA) is 55.4 Å². The molecule has 0 heterocycles. The standard InChI is InChI=1S/C15H17NO3/c1-4-19-15-12(13(17)14(15)18)16-8-11-9(2)6-5-7-10(11)3/h5-7,16H,4,8H2,1-3H3. The zero-order chi connectivity index (χ0) is 14.0. The van der Waals surface area contributed by atoms with Gasteiger partial charge in [0.05, 0.1) is 6.61 Å². The molecule has 2 rings (SSSR count). The van der Waals surface area contributed by atoms with Crippen molar-refractivity contribution in [1.82, 2.24) is 0 Å². The van der Waals surface area contributed by atoms with Crippen LogP contribution < -0.4 is 20.9 Å². The molecule has 0 aliphatic heterocycles. The molecule has 0 aromatic heterocycles. The minimum Gasteiger partial charge on any atom is -0.488 e. The normalized spacial score (nSPS) is 10.7. The van der Waals surface area contributed by atoms with Gasteiger partial charge in [-0.3, -0.25) is 9.59 Å². The van der Waals surface area contributed by atoms with E-state index >= 15 is 0 Å². The molecule has 0 fully saturated rings. The fourth-order valence-corrected chi connectivity index (χ4v) is 2.12.